The Kier molecular flexibility index (Phi) is 5.14. The van der Waals surface area contributed by atoms with Crippen LogP contribution in [-0.2, 0) is 11.2 Å². The van der Waals surface area contributed by atoms with Crippen molar-refractivity contribution >= 4 is 39.7 Å². The highest BCUT2D eigenvalue weighted by Crippen LogP contribution is 2.45. The lowest BCUT2D eigenvalue weighted by atomic mass is 9.98. The number of hydrogen-bond donors (Lipinski definition) is 2. The van der Waals surface area contributed by atoms with Crippen molar-refractivity contribution in [2.45, 2.75) is 31.7 Å². The van der Waals surface area contributed by atoms with Crippen LogP contribution in [0.3, 0.4) is 0 Å². The van der Waals surface area contributed by atoms with Gasteiger partial charge in [0.1, 0.15) is 0 Å². The van der Waals surface area contributed by atoms with E-state index in [0.717, 1.165) is 18.5 Å². The molecule has 0 spiro atoms. The average molecular weight is 378 g/mol. The van der Waals surface area contributed by atoms with Crippen molar-refractivity contribution in [2.24, 2.45) is 5.92 Å². The second kappa shape index (κ2) is 6.81. The van der Waals surface area contributed by atoms with Gasteiger partial charge in [0.25, 0.3) is 0 Å². The van der Waals surface area contributed by atoms with Crippen LogP contribution in [0, 0.1) is 5.92 Å². The highest BCUT2D eigenvalue weighted by atomic mass is 35.5. The second-order valence-electron chi connectivity index (χ2n) is 6.36. The van der Waals surface area contributed by atoms with Crippen molar-refractivity contribution in [3.8, 4) is 0 Å². The van der Waals surface area contributed by atoms with Crippen LogP contribution < -0.4 is 0 Å². The number of halogens is 2. The Bertz CT molecular complexity index is 581. The molecule has 2 heterocycles. The first kappa shape index (κ1) is 17.4. The Morgan fingerprint density at radius 3 is 2.35 bits per heavy atom. The maximum absolute atomic E-state index is 12.7. The number of nitrogens with zero attached hydrogens (tertiary/aromatic N) is 1. The molecule has 4 nitrogen and oxygen atoms in total. The van der Waals surface area contributed by atoms with Crippen molar-refractivity contribution in [2.75, 3.05) is 18.1 Å². The molecule has 7 heteroatoms. The molecule has 2 N–H and O–H groups in total. The Labute approximate surface area is 148 Å². The molecule has 3 rings (SSSR count). The predicted octanol–water partition coefficient (Wildman–Crippen LogP) is 4.30. The summed E-state index contributed by atoms with van der Waals surface area (Å²) in [5, 5.41) is 1.21. The maximum Gasteiger partial charge on any atom is 0.226 e. The minimum atomic E-state index is -2.41. The Morgan fingerprint density at radius 1 is 1.13 bits per heavy atom. The molecule has 1 aromatic rings. The van der Waals surface area contributed by atoms with Gasteiger partial charge in [-0.2, -0.15) is 10.6 Å². The summed E-state index contributed by atoms with van der Waals surface area (Å²) in [6.07, 6.45) is 2.71. The minimum absolute atomic E-state index is 0.0883. The third-order valence-electron chi connectivity index (χ3n) is 4.86. The predicted molar refractivity (Wildman–Crippen MR) is 95.6 cm³/mol. The van der Waals surface area contributed by atoms with Crippen LogP contribution in [0.15, 0.2) is 18.2 Å². The summed E-state index contributed by atoms with van der Waals surface area (Å²) in [4.78, 5) is 14.6. The molecule has 1 amide bonds. The number of hydrogen-bond acceptors (Lipinski definition) is 3. The molecule has 2 aliphatic heterocycles. The average Bonchev–Trinajstić information content (AvgIpc) is 2.84. The quantitative estimate of drug-likeness (QED) is 0.825. The molecule has 1 aromatic carbocycles. The molecule has 0 saturated carbocycles. The van der Waals surface area contributed by atoms with E-state index < -0.39 is 10.6 Å². The monoisotopic (exact) mass is 377 g/mol. The summed E-state index contributed by atoms with van der Waals surface area (Å²) in [5.74, 6) is 0.865. The molecular formula is C16H21Cl2NO3S. The van der Waals surface area contributed by atoms with Gasteiger partial charge in [0.2, 0.25) is 5.91 Å². The van der Waals surface area contributed by atoms with E-state index in [9.17, 15) is 13.9 Å². The largest absolute Gasteiger partial charge is 0.339 e. The van der Waals surface area contributed by atoms with E-state index in [-0.39, 0.29) is 17.9 Å². The molecule has 1 unspecified atom stereocenters. The van der Waals surface area contributed by atoms with Crippen molar-refractivity contribution < 1.29 is 13.9 Å². The molecule has 0 aromatic heterocycles. The summed E-state index contributed by atoms with van der Waals surface area (Å²) in [6.45, 7) is 0.732. The lowest BCUT2D eigenvalue weighted by Gasteiger charge is -2.42. The van der Waals surface area contributed by atoms with E-state index in [0.29, 0.717) is 40.8 Å². The van der Waals surface area contributed by atoms with Gasteiger partial charge >= 0.3 is 0 Å². The van der Waals surface area contributed by atoms with Gasteiger partial charge in [0.05, 0.1) is 0 Å². The van der Waals surface area contributed by atoms with Gasteiger partial charge in [-0.1, -0.05) is 29.3 Å². The normalized spacial score (nSPS) is 26.5. The van der Waals surface area contributed by atoms with Crippen molar-refractivity contribution in [3.63, 3.8) is 0 Å². The van der Waals surface area contributed by atoms with E-state index in [4.69, 9.17) is 23.2 Å². The Hall–Kier alpha value is -0.460. The SMILES string of the molecule is O=C1C(Cc2c(Cl)cccc2Cl)CCN1C1CCS(O)(O)CC1. The second-order valence-corrected chi connectivity index (χ2v) is 9.60. The lowest BCUT2D eigenvalue weighted by molar-refractivity contribution is -0.133. The van der Waals surface area contributed by atoms with Gasteiger partial charge in [-0.05, 0) is 43.4 Å². The summed E-state index contributed by atoms with van der Waals surface area (Å²) in [6, 6.07) is 5.53. The summed E-state index contributed by atoms with van der Waals surface area (Å²) < 4.78 is 19.4. The molecular weight excluding hydrogens is 357 g/mol. The fourth-order valence-corrected chi connectivity index (χ4v) is 5.55. The van der Waals surface area contributed by atoms with Crippen molar-refractivity contribution in [3.05, 3.63) is 33.8 Å². The van der Waals surface area contributed by atoms with Crippen LogP contribution in [0.4, 0.5) is 0 Å². The van der Waals surface area contributed by atoms with Crippen LogP contribution in [-0.4, -0.2) is 44.0 Å². The lowest BCUT2D eigenvalue weighted by Crippen LogP contribution is -2.42. The van der Waals surface area contributed by atoms with Gasteiger partial charge in [-0.15, -0.1) is 0 Å². The first-order chi connectivity index (χ1) is 10.9. The molecule has 0 radical (unpaired) electrons. The fourth-order valence-electron chi connectivity index (χ4n) is 3.50. The highest BCUT2D eigenvalue weighted by Gasteiger charge is 2.38. The molecule has 0 aliphatic carbocycles. The highest BCUT2D eigenvalue weighted by molar-refractivity contribution is 8.24. The zero-order valence-electron chi connectivity index (χ0n) is 12.8. The van der Waals surface area contributed by atoms with Crippen LogP contribution in [0.5, 0.6) is 0 Å². The van der Waals surface area contributed by atoms with Crippen LogP contribution in [0.1, 0.15) is 24.8 Å². The van der Waals surface area contributed by atoms with Gasteiger partial charge in [0, 0.05) is 40.1 Å². The number of rotatable bonds is 3. The summed E-state index contributed by atoms with van der Waals surface area (Å²) >= 11 is 12.4. The first-order valence-electron chi connectivity index (χ1n) is 7.84. The van der Waals surface area contributed by atoms with Crippen molar-refractivity contribution in [1.29, 1.82) is 0 Å². The maximum atomic E-state index is 12.7. The van der Waals surface area contributed by atoms with Crippen LogP contribution in [0.2, 0.25) is 10.0 Å². The van der Waals surface area contributed by atoms with Gasteiger partial charge in [0.15, 0.2) is 0 Å². The van der Waals surface area contributed by atoms with Gasteiger partial charge in [-0.25, -0.2) is 0 Å². The van der Waals surface area contributed by atoms with E-state index in [1.54, 1.807) is 18.2 Å². The molecule has 0 bridgehead atoms. The molecule has 2 aliphatic rings. The number of likely N-dealkylation sites (tertiary alicyclic amines) is 1. The molecule has 128 valence electrons. The van der Waals surface area contributed by atoms with Gasteiger partial charge < -0.3 is 4.90 Å². The fraction of sp³-hybridized carbons (Fsp3) is 0.562. The first-order valence-corrected chi connectivity index (χ1v) is 10.5. The van der Waals surface area contributed by atoms with Crippen LogP contribution in [0.25, 0.3) is 0 Å². The number of amides is 1. The van der Waals surface area contributed by atoms with Gasteiger partial charge in [-0.3, -0.25) is 13.9 Å². The third kappa shape index (κ3) is 3.80. The number of carbonyl (C=O) groups is 1. The number of carbonyl (C=O) groups excluding carboxylic acids is 1. The molecule has 2 saturated heterocycles. The van der Waals surface area contributed by atoms with Crippen LogP contribution >= 0.6 is 33.8 Å². The number of benzene rings is 1. The molecule has 1 atom stereocenters. The topological polar surface area (TPSA) is 60.8 Å². The molecule has 2 fully saturated rings. The zero-order valence-corrected chi connectivity index (χ0v) is 15.1. The van der Waals surface area contributed by atoms with E-state index in [2.05, 4.69) is 0 Å². The van der Waals surface area contributed by atoms with E-state index in [1.807, 2.05) is 4.90 Å². The standard InChI is InChI=1S/C16H21Cl2NO3S/c17-14-2-1-3-15(18)13(14)10-11-4-7-19(16(11)20)12-5-8-23(21,22)9-6-12/h1-3,11-12,21-22H,4-10H2. The zero-order chi connectivity index (χ0) is 16.6. The van der Waals surface area contributed by atoms with E-state index >= 15 is 0 Å². The van der Waals surface area contributed by atoms with Crippen molar-refractivity contribution in [1.82, 2.24) is 4.90 Å². The smallest absolute Gasteiger partial charge is 0.226 e. The Morgan fingerprint density at radius 2 is 1.74 bits per heavy atom. The molecule has 23 heavy (non-hydrogen) atoms. The Balaban J connectivity index is 1.65. The summed E-state index contributed by atoms with van der Waals surface area (Å²) in [7, 11) is -2.41. The summed E-state index contributed by atoms with van der Waals surface area (Å²) in [5.41, 5.74) is 0.842. The third-order valence-corrected chi connectivity index (χ3v) is 7.35. The van der Waals surface area contributed by atoms with E-state index in [1.165, 1.54) is 0 Å². The minimum Gasteiger partial charge on any atom is -0.339 e.